The summed E-state index contributed by atoms with van der Waals surface area (Å²) in [6.45, 7) is 4.52. The van der Waals surface area contributed by atoms with Crippen LogP contribution in [0, 0.1) is 0 Å². The van der Waals surface area contributed by atoms with Gasteiger partial charge in [0.1, 0.15) is 0 Å². The molecule has 1 aromatic carbocycles. The van der Waals surface area contributed by atoms with Crippen molar-refractivity contribution in [3.05, 3.63) is 66.0 Å². The molecule has 2 aliphatic heterocycles. The third kappa shape index (κ3) is 3.38. The van der Waals surface area contributed by atoms with Crippen molar-refractivity contribution in [2.24, 2.45) is 0 Å². The Morgan fingerprint density at radius 1 is 1.15 bits per heavy atom. The number of likely N-dealkylation sites (tertiary alicyclic amines) is 2. The summed E-state index contributed by atoms with van der Waals surface area (Å²) in [7, 11) is 0. The van der Waals surface area contributed by atoms with Crippen molar-refractivity contribution in [3.63, 3.8) is 0 Å². The summed E-state index contributed by atoms with van der Waals surface area (Å²) in [5, 5.41) is 0. The third-order valence-electron chi connectivity index (χ3n) is 5.96. The first-order valence-electron chi connectivity index (χ1n) is 9.69. The normalized spacial score (nSPS) is 26.3. The Labute approximate surface area is 155 Å². The number of fused-ring (bicyclic) bond motifs is 1. The van der Waals surface area contributed by atoms with Gasteiger partial charge < -0.3 is 4.90 Å². The van der Waals surface area contributed by atoms with Crippen LogP contribution in [0.25, 0.3) is 0 Å². The van der Waals surface area contributed by atoms with Gasteiger partial charge >= 0.3 is 0 Å². The smallest absolute Gasteiger partial charge is 0.219 e. The molecule has 0 saturated carbocycles. The summed E-state index contributed by atoms with van der Waals surface area (Å²) < 4.78 is 0. The van der Waals surface area contributed by atoms with Gasteiger partial charge in [0.15, 0.2) is 0 Å². The Morgan fingerprint density at radius 2 is 2.00 bits per heavy atom. The first kappa shape index (κ1) is 17.2. The molecule has 4 heteroatoms. The molecule has 3 atom stereocenters. The minimum atomic E-state index is 0.214. The van der Waals surface area contributed by atoms with E-state index in [0.29, 0.717) is 12.0 Å². The van der Waals surface area contributed by atoms with Crippen LogP contribution >= 0.6 is 0 Å². The largest absolute Gasteiger partial charge is 0.338 e. The van der Waals surface area contributed by atoms with Crippen LogP contribution < -0.4 is 0 Å². The molecule has 0 radical (unpaired) electrons. The standard InChI is InChI=1S/C22H27N3O/c1-17(26)25-13-6-5-11-21-22(25)20(19-9-3-2-4-10-19)16-24(21)15-18-8-7-12-23-14-18/h2-4,7-10,12,14,20-22H,5-6,11,13,15-16H2,1H3/t20-,21-,22-/m0/s1. The molecule has 0 N–H and O–H groups in total. The van der Waals surface area contributed by atoms with Crippen molar-refractivity contribution < 1.29 is 4.79 Å². The maximum atomic E-state index is 12.4. The van der Waals surface area contributed by atoms with Crippen LogP contribution in [0.4, 0.5) is 0 Å². The lowest BCUT2D eigenvalue weighted by atomic mass is 9.89. The molecule has 2 fully saturated rings. The third-order valence-corrected chi connectivity index (χ3v) is 5.96. The SMILES string of the molecule is CC(=O)N1CCCC[C@H]2[C@@H]1[C@H](c1ccccc1)CN2Cc1cccnc1. The molecular formula is C22H27N3O. The predicted molar refractivity (Wildman–Crippen MR) is 103 cm³/mol. The second kappa shape index (κ2) is 7.58. The summed E-state index contributed by atoms with van der Waals surface area (Å²) in [5.74, 6) is 0.589. The van der Waals surface area contributed by atoms with Crippen LogP contribution in [0.1, 0.15) is 43.2 Å². The average molecular weight is 349 g/mol. The number of rotatable bonds is 3. The fourth-order valence-electron chi connectivity index (χ4n) is 4.82. The van der Waals surface area contributed by atoms with Gasteiger partial charge in [0.05, 0.1) is 6.04 Å². The van der Waals surface area contributed by atoms with E-state index >= 15 is 0 Å². The molecule has 3 heterocycles. The number of carbonyl (C=O) groups excluding carboxylic acids is 1. The Bertz CT molecular complexity index is 734. The number of hydrogen-bond donors (Lipinski definition) is 0. The summed E-state index contributed by atoms with van der Waals surface area (Å²) in [6, 6.07) is 15.6. The van der Waals surface area contributed by atoms with E-state index < -0.39 is 0 Å². The van der Waals surface area contributed by atoms with Gasteiger partial charge in [0.2, 0.25) is 5.91 Å². The quantitative estimate of drug-likeness (QED) is 0.851. The van der Waals surface area contributed by atoms with Crippen LogP contribution in [0.2, 0.25) is 0 Å². The minimum absolute atomic E-state index is 0.214. The molecule has 1 amide bonds. The Morgan fingerprint density at radius 3 is 2.73 bits per heavy atom. The molecule has 1 aromatic heterocycles. The molecule has 0 aliphatic carbocycles. The summed E-state index contributed by atoms with van der Waals surface area (Å²) in [4.78, 5) is 21.4. The number of pyridine rings is 1. The van der Waals surface area contributed by atoms with Gasteiger partial charge in [0.25, 0.3) is 0 Å². The van der Waals surface area contributed by atoms with Crippen LogP contribution in [-0.4, -0.2) is 45.9 Å². The van der Waals surface area contributed by atoms with E-state index in [1.54, 1.807) is 6.92 Å². The maximum Gasteiger partial charge on any atom is 0.219 e. The fraction of sp³-hybridized carbons (Fsp3) is 0.455. The van der Waals surface area contributed by atoms with E-state index in [1.165, 1.54) is 17.5 Å². The van der Waals surface area contributed by atoms with Crippen molar-refractivity contribution in [1.29, 1.82) is 0 Å². The lowest BCUT2D eigenvalue weighted by molar-refractivity contribution is -0.131. The number of nitrogens with zero attached hydrogens (tertiary/aromatic N) is 3. The monoisotopic (exact) mass is 349 g/mol. The number of aromatic nitrogens is 1. The van der Waals surface area contributed by atoms with Gasteiger partial charge in [-0.2, -0.15) is 0 Å². The fourth-order valence-corrected chi connectivity index (χ4v) is 4.82. The zero-order chi connectivity index (χ0) is 17.9. The van der Waals surface area contributed by atoms with Crippen LogP contribution in [0.3, 0.4) is 0 Å². The van der Waals surface area contributed by atoms with E-state index in [1.807, 2.05) is 18.5 Å². The highest BCUT2D eigenvalue weighted by Gasteiger charge is 2.46. The van der Waals surface area contributed by atoms with E-state index in [-0.39, 0.29) is 11.9 Å². The minimum Gasteiger partial charge on any atom is -0.338 e. The zero-order valence-corrected chi connectivity index (χ0v) is 15.4. The highest BCUT2D eigenvalue weighted by atomic mass is 16.2. The van der Waals surface area contributed by atoms with Gasteiger partial charge in [-0.25, -0.2) is 0 Å². The molecule has 0 unspecified atom stereocenters. The molecule has 2 aliphatic rings. The van der Waals surface area contributed by atoms with Crippen LogP contribution in [0.5, 0.6) is 0 Å². The van der Waals surface area contributed by atoms with Crippen molar-refractivity contribution in [2.45, 2.75) is 50.7 Å². The van der Waals surface area contributed by atoms with Crippen molar-refractivity contribution in [3.8, 4) is 0 Å². The number of carbonyl (C=O) groups is 1. The van der Waals surface area contributed by atoms with Crippen molar-refractivity contribution >= 4 is 5.91 Å². The highest BCUT2D eigenvalue weighted by molar-refractivity contribution is 5.74. The zero-order valence-electron chi connectivity index (χ0n) is 15.4. The topological polar surface area (TPSA) is 36.4 Å². The first-order valence-corrected chi connectivity index (χ1v) is 9.69. The number of benzene rings is 1. The molecule has 0 spiro atoms. The molecular weight excluding hydrogens is 322 g/mol. The first-order chi connectivity index (χ1) is 12.7. The second-order valence-corrected chi connectivity index (χ2v) is 7.57. The predicted octanol–water partition coefficient (Wildman–Crippen LogP) is 3.45. The van der Waals surface area contributed by atoms with E-state index in [2.05, 4.69) is 51.2 Å². The van der Waals surface area contributed by atoms with E-state index in [9.17, 15) is 4.79 Å². The molecule has 0 bridgehead atoms. The molecule has 4 nitrogen and oxygen atoms in total. The Balaban J connectivity index is 1.68. The lowest BCUT2D eigenvalue weighted by Crippen LogP contribution is -2.47. The maximum absolute atomic E-state index is 12.4. The Kier molecular flexibility index (Phi) is 5.02. The summed E-state index contributed by atoms with van der Waals surface area (Å²) >= 11 is 0. The summed E-state index contributed by atoms with van der Waals surface area (Å²) in [5.41, 5.74) is 2.60. The van der Waals surface area contributed by atoms with Crippen LogP contribution in [-0.2, 0) is 11.3 Å². The second-order valence-electron chi connectivity index (χ2n) is 7.57. The summed E-state index contributed by atoms with van der Waals surface area (Å²) in [6.07, 6.45) is 7.25. The van der Waals surface area contributed by atoms with Gasteiger partial charge in [-0.15, -0.1) is 0 Å². The molecule has 136 valence electrons. The Hall–Kier alpha value is -2.20. The molecule has 26 heavy (non-hydrogen) atoms. The van der Waals surface area contributed by atoms with E-state index in [4.69, 9.17) is 0 Å². The number of amides is 1. The molecule has 2 saturated heterocycles. The average Bonchev–Trinajstić information content (AvgIpc) is 2.87. The lowest BCUT2D eigenvalue weighted by Gasteiger charge is -2.35. The van der Waals surface area contributed by atoms with Gasteiger partial charge in [-0.05, 0) is 30.0 Å². The van der Waals surface area contributed by atoms with E-state index in [0.717, 1.165) is 32.5 Å². The van der Waals surface area contributed by atoms with Crippen molar-refractivity contribution in [1.82, 2.24) is 14.8 Å². The molecule has 2 aromatic rings. The molecule has 4 rings (SSSR count). The number of hydrogen-bond acceptors (Lipinski definition) is 3. The van der Waals surface area contributed by atoms with Gasteiger partial charge in [0, 0.05) is 50.9 Å². The van der Waals surface area contributed by atoms with Crippen LogP contribution in [0.15, 0.2) is 54.9 Å². The van der Waals surface area contributed by atoms with Gasteiger partial charge in [-0.3, -0.25) is 14.7 Å². The van der Waals surface area contributed by atoms with Gasteiger partial charge in [-0.1, -0.05) is 42.8 Å². The highest BCUT2D eigenvalue weighted by Crippen LogP contribution is 2.40. The van der Waals surface area contributed by atoms with Crippen molar-refractivity contribution in [2.75, 3.05) is 13.1 Å².